The van der Waals surface area contributed by atoms with Gasteiger partial charge in [0.05, 0.1) is 29.1 Å². The normalized spacial score (nSPS) is 44.6. The fourth-order valence-corrected chi connectivity index (χ4v) is 9.06. The first-order chi connectivity index (χ1) is 19.6. The molecule has 0 amide bonds. The molecule has 0 aromatic heterocycles. The third-order valence-electron chi connectivity index (χ3n) is 12.7. The molecular weight excluding hydrogens is 552 g/mol. The molecule has 3 N–H and O–H groups in total. The smallest absolute Gasteiger partial charge is 0.338 e. The lowest BCUT2D eigenvalue weighted by Crippen LogP contribution is -2.85. The number of rotatable bonds is 3. The molecule has 9 atom stereocenters. The Hall–Kier alpha value is -2.85. The van der Waals surface area contributed by atoms with E-state index in [2.05, 4.69) is 13.2 Å². The Bertz CT molecular complexity index is 1430. The van der Waals surface area contributed by atoms with Gasteiger partial charge in [-0.1, -0.05) is 66.0 Å². The second kappa shape index (κ2) is 9.10. The van der Waals surface area contributed by atoms with E-state index in [9.17, 15) is 29.7 Å². The molecular formula is C34H44O9. The molecule has 43 heavy (non-hydrogen) atoms. The topological polar surface area (TPSA) is 140 Å². The fourth-order valence-electron chi connectivity index (χ4n) is 9.06. The van der Waals surface area contributed by atoms with Crippen molar-refractivity contribution in [2.75, 3.05) is 6.61 Å². The number of carbonyl (C=O) groups is 3. The average molecular weight is 597 g/mol. The van der Waals surface area contributed by atoms with Crippen molar-refractivity contribution in [1.82, 2.24) is 0 Å². The summed E-state index contributed by atoms with van der Waals surface area (Å²) in [6, 6.07) is 8.22. The quantitative estimate of drug-likeness (QED) is 0.447. The zero-order chi connectivity index (χ0) is 32.3. The summed E-state index contributed by atoms with van der Waals surface area (Å²) in [5.74, 6) is -3.39. The zero-order valence-electron chi connectivity index (χ0n) is 26.3. The number of ketones is 1. The number of esters is 2. The Labute approximate surface area is 252 Å². The molecule has 1 aromatic rings. The van der Waals surface area contributed by atoms with Gasteiger partial charge in [-0.3, -0.25) is 9.59 Å². The number of hydrogen-bond acceptors (Lipinski definition) is 9. The maximum atomic E-state index is 15.0. The molecule has 1 heterocycles. The number of benzene rings is 1. The van der Waals surface area contributed by atoms with Crippen molar-refractivity contribution < 1.29 is 43.9 Å². The van der Waals surface area contributed by atoms with Crippen LogP contribution in [0.3, 0.4) is 0 Å². The molecule has 0 radical (unpaired) electrons. The molecule has 9 nitrogen and oxygen atoms in total. The molecule has 4 aliphatic rings. The Balaban J connectivity index is 1.90. The van der Waals surface area contributed by atoms with E-state index in [1.54, 1.807) is 78.8 Å². The van der Waals surface area contributed by atoms with Crippen LogP contribution in [0.1, 0.15) is 72.2 Å². The molecule has 3 aliphatic carbocycles. The molecule has 3 saturated carbocycles. The van der Waals surface area contributed by atoms with Crippen LogP contribution in [0.25, 0.3) is 0 Å². The van der Waals surface area contributed by atoms with Gasteiger partial charge in [-0.05, 0) is 37.1 Å². The minimum atomic E-state index is -2.08. The Kier molecular flexibility index (Phi) is 6.68. The summed E-state index contributed by atoms with van der Waals surface area (Å²) < 4.78 is 18.3. The van der Waals surface area contributed by atoms with E-state index in [1.807, 2.05) is 0 Å². The molecule has 9 heteroatoms. The van der Waals surface area contributed by atoms with Crippen LogP contribution < -0.4 is 0 Å². The van der Waals surface area contributed by atoms with Crippen molar-refractivity contribution in [2.24, 2.45) is 27.6 Å². The van der Waals surface area contributed by atoms with Crippen LogP contribution in [0.15, 0.2) is 54.6 Å². The first kappa shape index (κ1) is 31.6. The van der Waals surface area contributed by atoms with Crippen LogP contribution >= 0.6 is 0 Å². The van der Waals surface area contributed by atoms with Gasteiger partial charge in [0.1, 0.15) is 23.9 Å². The monoisotopic (exact) mass is 596 g/mol. The molecule has 0 spiro atoms. The minimum Gasteiger partial charge on any atom is -0.455 e. The van der Waals surface area contributed by atoms with Crippen LogP contribution in [0, 0.1) is 27.6 Å². The largest absolute Gasteiger partial charge is 0.455 e. The van der Waals surface area contributed by atoms with Gasteiger partial charge >= 0.3 is 11.9 Å². The number of Topliss-reactive ketones (excluding diaryl/α,β-unsaturated/α-hetero) is 1. The number of hydrogen-bond donors (Lipinski definition) is 3. The van der Waals surface area contributed by atoms with E-state index in [0.29, 0.717) is 5.57 Å². The van der Waals surface area contributed by atoms with Crippen molar-refractivity contribution in [1.29, 1.82) is 0 Å². The predicted molar refractivity (Wildman–Crippen MR) is 157 cm³/mol. The number of aliphatic hydroxyl groups excluding tert-OH is 1. The Morgan fingerprint density at radius 3 is 2.07 bits per heavy atom. The summed E-state index contributed by atoms with van der Waals surface area (Å²) in [7, 11) is 0. The van der Waals surface area contributed by atoms with Gasteiger partial charge < -0.3 is 29.5 Å². The van der Waals surface area contributed by atoms with Crippen molar-refractivity contribution in [3.8, 4) is 0 Å². The van der Waals surface area contributed by atoms with E-state index in [1.165, 1.54) is 6.92 Å². The SMILES string of the molecule is C=C1C(=C)[C@@]2(C)C(=O)[C@H](O)[C@@]3(C)C(C)(C)C(C)(O)C[C@@](O)(C(OC(=O)c4ccccc4)C2[C@]2(OC(C)=O)CO[C@H]12)C3(C)C. The lowest BCUT2D eigenvalue weighted by Gasteiger charge is -2.74. The van der Waals surface area contributed by atoms with Crippen molar-refractivity contribution in [2.45, 2.75) is 96.9 Å². The highest BCUT2D eigenvalue weighted by Gasteiger charge is 2.83. The average Bonchev–Trinajstić information content (AvgIpc) is 2.91. The van der Waals surface area contributed by atoms with Gasteiger partial charge in [0.2, 0.25) is 0 Å². The van der Waals surface area contributed by atoms with Gasteiger partial charge in [0.25, 0.3) is 0 Å². The van der Waals surface area contributed by atoms with E-state index in [4.69, 9.17) is 14.2 Å². The summed E-state index contributed by atoms with van der Waals surface area (Å²) in [5, 5.41) is 37.6. The molecule has 1 aromatic carbocycles. The van der Waals surface area contributed by atoms with Crippen LogP contribution in [0.5, 0.6) is 0 Å². The summed E-state index contributed by atoms with van der Waals surface area (Å²) in [6.45, 7) is 21.2. The van der Waals surface area contributed by atoms with Gasteiger partial charge in [0.15, 0.2) is 11.4 Å². The van der Waals surface area contributed by atoms with E-state index >= 15 is 0 Å². The number of ether oxygens (including phenoxy) is 3. The van der Waals surface area contributed by atoms with E-state index in [0.717, 1.165) is 0 Å². The molecule has 4 fully saturated rings. The van der Waals surface area contributed by atoms with Gasteiger partial charge in [-0.25, -0.2) is 4.79 Å². The van der Waals surface area contributed by atoms with Crippen LogP contribution in [0.4, 0.5) is 0 Å². The number of aliphatic hydroxyl groups is 3. The maximum Gasteiger partial charge on any atom is 0.338 e. The van der Waals surface area contributed by atoms with Crippen LogP contribution in [-0.2, 0) is 23.8 Å². The predicted octanol–water partition coefficient (Wildman–Crippen LogP) is 3.55. The number of fused-ring (bicyclic) bond motifs is 5. The second-order valence-electron chi connectivity index (χ2n) is 14.7. The molecule has 2 bridgehead atoms. The molecule has 1 aliphatic heterocycles. The van der Waals surface area contributed by atoms with Gasteiger partial charge in [-0.2, -0.15) is 0 Å². The van der Waals surface area contributed by atoms with E-state index < -0.39 is 80.4 Å². The molecule has 5 rings (SSSR count). The summed E-state index contributed by atoms with van der Waals surface area (Å²) >= 11 is 0. The standard InChI is InChI=1S/C34H44O9/c1-18-19(2)31(9)22(33(43-20(3)35)17-41-25(18)33)26(42-27(38)21-14-12-11-13-15-21)34(40)16-30(8,39)28(4,5)32(10,29(34,6)7)24(37)23(31)36/h11-15,22,24-26,37,39-40H,1-2,16-17H2,3-10H3/t22?,24-,25+,26?,30?,31+,32-,33+,34+/m0/s1. The molecule has 1 saturated heterocycles. The van der Waals surface area contributed by atoms with Gasteiger partial charge in [-0.15, -0.1) is 0 Å². The summed E-state index contributed by atoms with van der Waals surface area (Å²) in [4.78, 5) is 41.6. The highest BCUT2D eigenvalue weighted by molar-refractivity contribution is 5.95. The number of carbonyl (C=O) groups excluding carboxylic acids is 3. The van der Waals surface area contributed by atoms with Crippen molar-refractivity contribution in [3.63, 3.8) is 0 Å². The highest BCUT2D eigenvalue weighted by Crippen LogP contribution is 2.73. The Morgan fingerprint density at radius 2 is 1.56 bits per heavy atom. The fraction of sp³-hybridized carbons (Fsp3) is 0.618. The second-order valence-corrected chi connectivity index (χ2v) is 14.7. The van der Waals surface area contributed by atoms with Gasteiger partial charge in [0, 0.05) is 29.6 Å². The van der Waals surface area contributed by atoms with E-state index in [-0.39, 0.29) is 24.2 Å². The van der Waals surface area contributed by atoms with Crippen LogP contribution in [0.2, 0.25) is 0 Å². The molecule has 234 valence electrons. The first-order valence-corrected chi connectivity index (χ1v) is 14.7. The van der Waals surface area contributed by atoms with Crippen LogP contribution in [-0.4, -0.2) is 74.8 Å². The lowest BCUT2D eigenvalue weighted by molar-refractivity contribution is -0.360. The maximum absolute atomic E-state index is 15.0. The van der Waals surface area contributed by atoms with Crippen molar-refractivity contribution in [3.05, 3.63) is 60.2 Å². The molecule has 3 unspecified atom stereocenters. The summed E-state index contributed by atoms with van der Waals surface area (Å²) in [5.41, 5.74) is -10.4. The van der Waals surface area contributed by atoms with Crippen molar-refractivity contribution >= 4 is 17.7 Å². The third kappa shape index (κ3) is 3.51. The summed E-state index contributed by atoms with van der Waals surface area (Å²) in [6.07, 6.45) is -4.51. The lowest BCUT2D eigenvalue weighted by atomic mass is 9.33. The third-order valence-corrected chi connectivity index (χ3v) is 12.7. The minimum absolute atomic E-state index is 0.178. The first-order valence-electron chi connectivity index (χ1n) is 14.7. The Morgan fingerprint density at radius 1 is 0.977 bits per heavy atom. The highest BCUT2D eigenvalue weighted by atomic mass is 16.6. The zero-order valence-corrected chi connectivity index (χ0v) is 26.3.